The molecule has 26 heavy (non-hydrogen) atoms. The summed E-state index contributed by atoms with van der Waals surface area (Å²) in [6.07, 6.45) is 4.09. The molecule has 130 valence electrons. The molecule has 1 unspecified atom stereocenters. The number of esters is 1. The van der Waals surface area contributed by atoms with Crippen molar-refractivity contribution in [3.63, 3.8) is 0 Å². The first kappa shape index (κ1) is 18.5. The third-order valence-corrected chi connectivity index (χ3v) is 3.36. The van der Waals surface area contributed by atoms with Crippen LogP contribution < -0.4 is 5.32 Å². The van der Waals surface area contributed by atoms with Gasteiger partial charge in [-0.15, -0.1) is 0 Å². The molecule has 0 saturated heterocycles. The van der Waals surface area contributed by atoms with E-state index in [2.05, 4.69) is 15.0 Å². The van der Waals surface area contributed by atoms with E-state index in [1.54, 1.807) is 48.5 Å². The molecule has 0 bridgehead atoms. The fourth-order valence-electron chi connectivity index (χ4n) is 2.01. The monoisotopic (exact) mass is 349 g/mol. The second-order valence-electron chi connectivity index (χ2n) is 5.12. The molecule has 2 aromatic rings. The summed E-state index contributed by atoms with van der Waals surface area (Å²) < 4.78 is 4.60. The van der Waals surface area contributed by atoms with Crippen LogP contribution in [-0.4, -0.2) is 29.8 Å². The summed E-state index contributed by atoms with van der Waals surface area (Å²) in [7, 11) is 1.28. The third-order valence-electron chi connectivity index (χ3n) is 3.36. The highest BCUT2D eigenvalue weighted by molar-refractivity contribution is 6.14. The average Bonchev–Trinajstić information content (AvgIpc) is 2.67. The van der Waals surface area contributed by atoms with Crippen LogP contribution in [0.5, 0.6) is 0 Å². The minimum Gasteiger partial charge on any atom is -0.465 e. The molecule has 2 rings (SSSR count). The fraction of sp³-hybridized carbons (Fsp3) is 0.105. The minimum atomic E-state index is -1.48. The van der Waals surface area contributed by atoms with E-state index in [9.17, 15) is 14.4 Å². The van der Waals surface area contributed by atoms with Crippen molar-refractivity contribution in [2.24, 2.45) is 5.92 Å². The Morgan fingerprint density at radius 1 is 1.19 bits per heavy atom. The lowest BCUT2D eigenvalue weighted by Gasteiger charge is -2.06. The van der Waals surface area contributed by atoms with Gasteiger partial charge in [0, 0.05) is 6.20 Å². The van der Waals surface area contributed by atoms with E-state index in [0.717, 1.165) is 6.08 Å². The van der Waals surface area contributed by atoms with Gasteiger partial charge in [0.25, 0.3) is 5.91 Å². The van der Waals surface area contributed by atoms with E-state index in [-0.39, 0.29) is 5.82 Å². The maximum absolute atomic E-state index is 12.1. The van der Waals surface area contributed by atoms with Crippen LogP contribution in [0.2, 0.25) is 0 Å². The lowest BCUT2D eigenvalue weighted by molar-refractivity contribution is -0.126. The normalized spacial score (nSPS) is 11.4. The highest BCUT2D eigenvalue weighted by Gasteiger charge is 2.24. The topological polar surface area (TPSA) is 109 Å². The Balaban J connectivity index is 2.04. The number of nitrogens with one attached hydrogen (secondary N) is 1. The zero-order chi connectivity index (χ0) is 18.9. The zero-order valence-electron chi connectivity index (χ0n) is 13.9. The second kappa shape index (κ2) is 8.89. The Kier molecular flexibility index (Phi) is 6.34. The molecule has 1 aromatic heterocycles. The van der Waals surface area contributed by atoms with E-state index in [4.69, 9.17) is 5.26 Å². The molecule has 0 spiro atoms. The number of benzene rings is 1. The number of anilines is 1. The van der Waals surface area contributed by atoms with Gasteiger partial charge in [0.15, 0.2) is 11.7 Å². The molecular weight excluding hydrogens is 334 g/mol. The van der Waals surface area contributed by atoms with Gasteiger partial charge in [-0.2, -0.15) is 5.26 Å². The van der Waals surface area contributed by atoms with Crippen LogP contribution in [0.4, 0.5) is 5.82 Å². The lowest BCUT2D eigenvalue weighted by Crippen LogP contribution is -2.27. The van der Waals surface area contributed by atoms with Crippen LogP contribution in [0.25, 0.3) is 6.08 Å². The molecule has 1 heterocycles. The van der Waals surface area contributed by atoms with Gasteiger partial charge < -0.3 is 10.1 Å². The van der Waals surface area contributed by atoms with Crippen molar-refractivity contribution < 1.29 is 19.1 Å². The van der Waals surface area contributed by atoms with Crippen molar-refractivity contribution in [1.82, 2.24) is 4.98 Å². The first-order valence-corrected chi connectivity index (χ1v) is 7.57. The summed E-state index contributed by atoms with van der Waals surface area (Å²) in [5.41, 5.74) is 1.01. The number of allylic oxidation sites excluding steroid dienone is 1. The van der Waals surface area contributed by atoms with Crippen molar-refractivity contribution in [1.29, 1.82) is 5.26 Å². The summed E-state index contributed by atoms with van der Waals surface area (Å²) in [4.78, 5) is 39.5. The van der Waals surface area contributed by atoms with Gasteiger partial charge >= 0.3 is 5.97 Å². The number of rotatable bonds is 6. The van der Waals surface area contributed by atoms with Crippen molar-refractivity contribution in [3.05, 3.63) is 65.9 Å². The largest absolute Gasteiger partial charge is 0.465 e. The molecule has 1 aromatic carbocycles. The van der Waals surface area contributed by atoms with E-state index in [1.165, 1.54) is 19.4 Å². The summed E-state index contributed by atoms with van der Waals surface area (Å²) in [5, 5.41) is 11.5. The molecule has 0 saturated carbocycles. The van der Waals surface area contributed by atoms with Gasteiger partial charge in [-0.3, -0.25) is 9.59 Å². The smallest absolute Gasteiger partial charge is 0.337 e. The number of ether oxygens (including phenoxy) is 1. The van der Waals surface area contributed by atoms with Crippen molar-refractivity contribution in [2.75, 3.05) is 12.4 Å². The highest BCUT2D eigenvalue weighted by Crippen LogP contribution is 2.10. The van der Waals surface area contributed by atoms with E-state index in [0.29, 0.717) is 11.1 Å². The molecule has 1 amide bonds. The lowest BCUT2D eigenvalue weighted by atomic mass is 10.0. The molecule has 0 aliphatic carbocycles. The SMILES string of the molecule is COC(=O)c1ccc(C=CC(=O)C(C#N)C(=O)Nc2ccccn2)cc1. The molecule has 0 fully saturated rings. The summed E-state index contributed by atoms with van der Waals surface area (Å²) in [6, 6.07) is 12.9. The maximum Gasteiger partial charge on any atom is 0.337 e. The van der Waals surface area contributed by atoms with Crippen molar-refractivity contribution >= 4 is 29.6 Å². The number of methoxy groups -OCH3 is 1. The van der Waals surface area contributed by atoms with E-state index in [1.807, 2.05) is 0 Å². The number of nitrogens with zero attached hydrogens (tertiary/aromatic N) is 2. The molecule has 1 N–H and O–H groups in total. The summed E-state index contributed by atoms with van der Waals surface area (Å²) in [6.45, 7) is 0. The van der Waals surface area contributed by atoms with Crippen LogP contribution >= 0.6 is 0 Å². The maximum atomic E-state index is 12.1. The summed E-state index contributed by atoms with van der Waals surface area (Å²) in [5.74, 6) is -3.09. The number of nitriles is 1. The van der Waals surface area contributed by atoms with Crippen LogP contribution in [0.15, 0.2) is 54.7 Å². The Bertz CT molecular complexity index is 868. The molecule has 1 atom stereocenters. The molecular formula is C19H15N3O4. The zero-order valence-corrected chi connectivity index (χ0v) is 13.9. The van der Waals surface area contributed by atoms with Gasteiger partial charge in [-0.1, -0.05) is 24.3 Å². The second-order valence-corrected chi connectivity index (χ2v) is 5.12. The Morgan fingerprint density at radius 2 is 1.92 bits per heavy atom. The molecule has 0 radical (unpaired) electrons. The van der Waals surface area contributed by atoms with Gasteiger partial charge in [-0.05, 0) is 35.9 Å². The molecule has 0 aliphatic rings. The highest BCUT2D eigenvalue weighted by atomic mass is 16.5. The first-order chi connectivity index (χ1) is 12.5. The standard InChI is InChI=1S/C19H15N3O4/c1-26-19(25)14-8-5-13(6-9-14)7-10-16(23)15(12-20)18(24)22-17-4-2-3-11-21-17/h2-11,15H,1H3,(H,21,22,24). The Hall–Kier alpha value is -3.79. The van der Waals surface area contributed by atoms with Gasteiger partial charge in [-0.25, -0.2) is 9.78 Å². The third kappa shape index (κ3) is 4.85. The van der Waals surface area contributed by atoms with E-state index < -0.39 is 23.6 Å². The number of ketones is 1. The summed E-state index contributed by atoms with van der Waals surface area (Å²) >= 11 is 0. The first-order valence-electron chi connectivity index (χ1n) is 7.57. The number of aromatic nitrogens is 1. The number of pyridine rings is 1. The number of carbonyl (C=O) groups excluding carboxylic acids is 3. The Labute approximate surface area is 149 Å². The number of amides is 1. The van der Waals surface area contributed by atoms with Crippen molar-refractivity contribution in [3.8, 4) is 6.07 Å². The molecule has 0 aliphatic heterocycles. The fourth-order valence-corrected chi connectivity index (χ4v) is 2.01. The van der Waals surface area contributed by atoms with Gasteiger partial charge in [0.2, 0.25) is 0 Å². The van der Waals surface area contributed by atoms with Crippen LogP contribution in [0, 0.1) is 17.2 Å². The van der Waals surface area contributed by atoms with Crippen LogP contribution in [0.3, 0.4) is 0 Å². The van der Waals surface area contributed by atoms with E-state index >= 15 is 0 Å². The average molecular weight is 349 g/mol. The number of hydrogen-bond donors (Lipinski definition) is 1. The quantitative estimate of drug-likeness (QED) is 0.486. The predicted molar refractivity (Wildman–Crippen MR) is 93.8 cm³/mol. The Morgan fingerprint density at radius 3 is 2.50 bits per heavy atom. The van der Waals surface area contributed by atoms with Crippen LogP contribution in [0.1, 0.15) is 15.9 Å². The van der Waals surface area contributed by atoms with Gasteiger partial charge in [0.05, 0.1) is 18.7 Å². The van der Waals surface area contributed by atoms with Crippen LogP contribution in [-0.2, 0) is 14.3 Å². The van der Waals surface area contributed by atoms with Crippen molar-refractivity contribution in [2.45, 2.75) is 0 Å². The molecule has 7 heteroatoms. The molecule has 7 nitrogen and oxygen atoms in total. The predicted octanol–water partition coefficient (Wildman–Crippen LogP) is 2.23. The number of hydrogen-bond acceptors (Lipinski definition) is 6. The van der Waals surface area contributed by atoms with Gasteiger partial charge in [0.1, 0.15) is 5.82 Å². The minimum absolute atomic E-state index is 0.257. The number of carbonyl (C=O) groups is 3.